The fraction of sp³-hybridized carbons (Fsp3) is 0.667. The summed E-state index contributed by atoms with van der Waals surface area (Å²) < 4.78 is 151. The van der Waals surface area contributed by atoms with Crippen molar-refractivity contribution in [1.29, 1.82) is 0 Å². The molecule has 1 unspecified atom stereocenters. The number of carboxylic acid groups (broad SMARTS) is 1. The van der Waals surface area contributed by atoms with Crippen LogP contribution < -0.4 is 5.11 Å². The molecule has 0 heterocycles. The van der Waals surface area contributed by atoms with Crippen LogP contribution in [-0.4, -0.2) is 41.5 Å². The molecule has 0 aromatic carbocycles. The van der Waals surface area contributed by atoms with Gasteiger partial charge >= 0.3 is 29.9 Å². The van der Waals surface area contributed by atoms with Crippen molar-refractivity contribution in [1.82, 2.24) is 0 Å². The lowest BCUT2D eigenvalue weighted by atomic mass is 9.87. The van der Waals surface area contributed by atoms with Crippen LogP contribution in [0.1, 0.15) is 0 Å². The van der Waals surface area contributed by atoms with E-state index in [4.69, 9.17) is 0 Å². The van der Waals surface area contributed by atoms with Gasteiger partial charge in [-0.3, -0.25) is 0 Å². The lowest BCUT2D eigenvalue weighted by molar-refractivity contribution is -0.432. The largest absolute Gasteiger partial charge is 0.546 e. The van der Waals surface area contributed by atoms with Gasteiger partial charge in [0, 0.05) is 0 Å². The topological polar surface area (TPSA) is 40.1 Å². The Labute approximate surface area is 118 Å². The SMILES string of the molecule is C=CC(F)(C(=O)[O-])C(F)(F)C(F)(F)C(F)(F)C(F)(F)C(F)(F)F. The maximum atomic E-state index is 13.3. The predicted octanol–water partition coefficient (Wildman–Crippen LogP) is 2.73. The summed E-state index contributed by atoms with van der Waals surface area (Å²) in [5, 5.41) is 10.1. The highest BCUT2D eigenvalue weighted by Crippen LogP contribution is 2.59. The van der Waals surface area contributed by atoms with Crippen molar-refractivity contribution in [2.45, 2.75) is 35.5 Å². The number of carbonyl (C=O) groups is 1. The number of halogens is 12. The van der Waals surface area contributed by atoms with Crippen LogP contribution in [0.15, 0.2) is 12.7 Å². The van der Waals surface area contributed by atoms with Crippen molar-refractivity contribution >= 4 is 5.97 Å². The van der Waals surface area contributed by atoms with E-state index in [1.165, 1.54) is 0 Å². The van der Waals surface area contributed by atoms with Gasteiger partial charge in [-0.05, 0) is 6.08 Å². The maximum absolute atomic E-state index is 13.3. The van der Waals surface area contributed by atoms with E-state index in [2.05, 4.69) is 0 Å². The molecule has 0 spiro atoms. The molecule has 0 bridgehead atoms. The highest BCUT2D eigenvalue weighted by atomic mass is 19.4. The second-order valence-electron chi connectivity index (χ2n) is 4.00. The Balaban J connectivity index is 6.46. The summed E-state index contributed by atoms with van der Waals surface area (Å²) in [7, 11) is 0. The van der Waals surface area contributed by atoms with Crippen LogP contribution in [0.3, 0.4) is 0 Å². The van der Waals surface area contributed by atoms with Gasteiger partial charge in [-0.15, -0.1) is 0 Å². The zero-order chi connectivity index (χ0) is 19.3. The van der Waals surface area contributed by atoms with Crippen molar-refractivity contribution in [3.8, 4) is 0 Å². The summed E-state index contributed by atoms with van der Waals surface area (Å²) in [4.78, 5) is 10.1. The number of alkyl halides is 12. The monoisotopic (exact) mass is 371 g/mol. The summed E-state index contributed by atoms with van der Waals surface area (Å²) in [6, 6.07) is 0. The molecule has 0 aliphatic heterocycles. The quantitative estimate of drug-likeness (QED) is 0.532. The number of carboxylic acids is 1. The Hall–Kier alpha value is -1.63. The van der Waals surface area contributed by atoms with Crippen LogP contribution >= 0.6 is 0 Å². The fourth-order valence-corrected chi connectivity index (χ4v) is 1.14. The van der Waals surface area contributed by atoms with Gasteiger partial charge < -0.3 is 9.90 Å². The third-order valence-electron chi connectivity index (χ3n) is 2.57. The minimum Gasteiger partial charge on any atom is -0.546 e. The molecule has 0 fully saturated rings. The van der Waals surface area contributed by atoms with E-state index in [1.807, 2.05) is 6.58 Å². The van der Waals surface area contributed by atoms with Crippen LogP contribution in [0.5, 0.6) is 0 Å². The lowest BCUT2D eigenvalue weighted by Crippen LogP contribution is -2.72. The molecule has 14 heteroatoms. The van der Waals surface area contributed by atoms with E-state index < -0.39 is 47.6 Å². The summed E-state index contributed by atoms with van der Waals surface area (Å²) >= 11 is 0. The summed E-state index contributed by atoms with van der Waals surface area (Å²) in [5.74, 6) is -34.6. The van der Waals surface area contributed by atoms with E-state index in [1.54, 1.807) is 0 Å². The van der Waals surface area contributed by atoms with E-state index in [0.29, 0.717) is 0 Å². The average molecular weight is 371 g/mol. The Morgan fingerprint density at radius 2 is 1.00 bits per heavy atom. The van der Waals surface area contributed by atoms with Gasteiger partial charge in [0.15, 0.2) is 0 Å². The highest BCUT2D eigenvalue weighted by Gasteiger charge is 2.90. The van der Waals surface area contributed by atoms with Crippen molar-refractivity contribution < 1.29 is 62.6 Å². The minimum absolute atomic E-state index is 1.21. The second-order valence-corrected chi connectivity index (χ2v) is 4.00. The Morgan fingerprint density at radius 1 is 0.696 bits per heavy atom. The van der Waals surface area contributed by atoms with Crippen LogP contribution in [0, 0.1) is 0 Å². The number of carbonyl (C=O) groups excluding carboxylic acids is 1. The molecule has 0 aromatic rings. The van der Waals surface area contributed by atoms with Gasteiger partial charge in [0.2, 0.25) is 5.67 Å². The van der Waals surface area contributed by atoms with Crippen LogP contribution in [0.25, 0.3) is 0 Å². The number of hydrogen-bond donors (Lipinski definition) is 0. The van der Waals surface area contributed by atoms with Crippen molar-refractivity contribution in [3.05, 3.63) is 12.7 Å². The molecule has 0 radical (unpaired) electrons. The molecule has 2 nitrogen and oxygen atoms in total. The van der Waals surface area contributed by atoms with Gasteiger partial charge in [0.05, 0.1) is 5.97 Å². The molecule has 0 rings (SSSR count). The Bertz CT molecular complexity index is 493. The molecule has 1 atom stereocenters. The van der Waals surface area contributed by atoms with Gasteiger partial charge in [-0.25, -0.2) is 4.39 Å². The molecular weight excluding hydrogens is 368 g/mol. The van der Waals surface area contributed by atoms with Crippen LogP contribution in [-0.2, 0) is 4.79 Å². The molecule has 0 aliphatic carbocycles. The number of aliphatic carboxylic acids is 1. The first-order valence-corrected chi connectivity index (χ1v) is 4.87. The van der Waals surface area contributed by atoms with Crippen molar-refractivity contribution in [3.63, 3.8) is 0 Å². The van der Waals surface area contributed by atoms with Gasteiger partial charge in [0.25, 0.3) is 0 Å². The third kappa shape index (κ3) is 2.51. The highest BCUT2D eigenvalue weighted by molar-refractivity contribution is 5.79. The van der Waals surface area contributed by atoms with E-state index >= 15 is 0 Å². The van der Waals surface area contributed by atoms with Gasteiger partial charge in [0.1, 0.15) is 0 Å². The molecule has 0 amide bonds. The first kappa shape index (κ1) is 21.4. The molecule has 0 aliphatic rings. The number of rotatable bonds is 6. The lowest BCUT2D eigenvalue weighted by Gasteiger charge is -2.41. The van der Waals surface area contributed by atoms with Crippen molar-refractivity contribution in [2.24, 2.45) is 0 Å². The van der Waals surface area contributed by atoms with Gasteiger partial charge in [-0.1, -0.05) is 6.58 Å². The van der Waals surface area contributed by atoms with E-state index in [9.17, 15) is 62.6 Å². The first-order valence-electron chi connectivity index (χ1n) is 4.87. The summed E-state index contributed by atoms with van der Waals surface area (Å²) in [6.45, 7) is 1.96. The van der Waals surface area contributed by atoms with E-state index in [-0.39, 0.29) is 0 Å². The van der Waals surface area contributed by atoms with Crippen LogP contribution in [0.4, 0.5) is 52.7 Å². The summed E-state index contributed by atoms with van der Waals surface area (Å²) in [6.07, 6.45) is -8.65. The first-order chi connectivity index (χ1) is 9.75. The normalized spacial score (nSPS) is 17.6. The maximum Gasteiger partial charge on any atom is 0.460 e. The standard InChI is InChI=1S/C9H4F12O2/c1-2-4(10,3(22)23)5(11,12)6(13,14)7(15,16)8(17,18)9(19,20)21/h2H,1H2,(H,22,23)/p-1. The Morgan fingerprint density at radius 3 is 1.22 bits per heavy atom. The molecular formula is C9H3F12O2-. The molecule has 0 aromatic heterocycles. The summed E-state index contributed by atoms with van der Waals surface area (Å²) in [5.41, 5.74) is -5.87. The number of hydrogen-bond acceptors (Lipinski definition) is 2. The van der Waals surface area contributed by atoms with Gasteiger partial charge in [-0.2, -0.15) is 48.3 Å². The van der Waals surface area contributed by atoms with Crippen LogP contribution in [0.2, 0.25) is 0 Å². The minimum atomic E-state index is -7.92. The molecule has 0 N–H and O–H groups in total. The zero-order valence-electron chi connectivity index (χ0n) is 10.1. The Kier molecular flexibility index (Phi) is 4.82. The third-order valence-corrected chi connectivity index (χ3v) is 2.57. The second kappa shape index (κ2) is 5.19. The van der Waals surface area contributed by atoms with E-state index in [0.717, 1.165) is 0 Å². The zero-order valence-corrected chi connectivity index (χ0v) is 10.1. The average Bonchev–Trinajstić information content (AvgIpc) is 2.34. The van der Waals surface area contributed by atoms with Crippen molar-refractivity contribution in [2.75, 3.05) is 0 Å². The molecule has 136 valence electrons. The molecule has 0 saturated heterocycles. The molecule has 23 heavy (non-hydrogen) atoms. The predicted molar refractivity (Wildman–Crippen MR) is 44.9 cm³/mol. The fourth-order valence-electron chi connectivity index (χ4n) is 1.14. The smallest absolute Gasteiger partial charge is 0.460 e. The molecule has 0 saturated carbocycles.